The first-order valence-corrected chi connectivity index (χ1v) is 8.63. The molecule has 0 spiro atoms. The van der Waals surface area contributed by atoms with Gasteiger partial charge in [0.1, 0.15) is 0 Å². The van der Waals surface area contributed by atoms with Crippen LogP contribution in [0, 0.1) is 5.82 Å². The molecule has 1 heterocycles. The summed E-state index contributed by atoms with van der Waals surface area (Å²) < 4.78 is 43.2. The average molecular weight is 363 g/mol. The van der Waals surface area contributed by atoms with Gasteiger partial charge in [0.15, 0.2) is 11.6 Å². The zero-order valence-corrected chi connectivity index (χ0v) is 14.5. The number of piperazine rings is 1. The number of benzene rings is 1. The summed E-state index contributed by atoms with van der Waals surface area (Å²) in [6.45, 7) is 1.80. The quantitative estimate of drug-likeness (QED) is 0.851. The van der Waals surface area contributed by atoms with Gasteiger partial charge in [-0.15, -0.1) is 0 Å². The summed E-state index contributed by atoms with van der Waals surface area (Å²) in [5.41, 5.74) is 0.491. The highest BCUT2D eigenvalue weighted by molar-refractivity contribution is 6.32. The summed E-state index contributed by atoms with van der Waals surface area (Å²) in [7, 11) is 0. The highest BCUT2D eigenvalue weighted by Gasteiger charge is 2.40. The van der Waals surface area contributed by atoms with E-state index in [-0.39, 0.29) is 16.6 Å². The molecule has 0 aromatic heterocycles. The number of halogens is 4. The lowest BCUT2D eigenvalue weighted by molar-refractivity contribution is -0.0521. The van der Waals surface area contributed by atoms with Crippen LogP contribution in [-0.4, -0.2) is 30.8 Å². The zero-order valence-electron chi connectivity index (χ0n) is 13.8. The third-order valence-electron chi connectivity index (χ3n) is 4.79. The standard InChI is InChI=1S/C17H22ClF3N2O/c1-17(2)9-23(14-6-4-3-5-13(14)22-17)10-7-11(18)15(12(19)8-10)24-16(20)21/h7-8,13-14,16,22H,3-6,9H2,1-2H3. The Kier molecular flexibility index (Phi) is 4.89. The van der Waals surface area contributed by atoms with Crippen molar-refractivity contribution in [2.24, 2.45) is 0 Å². The van der Waals surface area contributed by atoms with Gasteiger partial charge in [-0.3, -0.25) is 0 Å². The van der Waals surface area contributed by atoms with Gasteiger partial charge in [-0.2, -0.15) is 8.78 Å². The van der Waals surface area contributed by atoms with Crippen LogP contribution in [0.25, 0.3) is 0 Å². The van der Waals surface area contributed by atoms with Crippen molar-refractivity contribution in [3.05, 3.63) is 23.0 Å². The molecule has 3 nitrogen and oxygen atoms in total. The number of alkyl halides is 2. The molecule has 1 aliphatic carbocycles. The zero-order chi connectivity index (χ0) is 17.5. The molecule has 2 unspecified atom stereocenters. The number of ether oxygens (including phenoxy) is 1. The minimum Gasteiger partial charge on any atom is -0.430 e. The van der Waals surface area contributed by atoms with Crippen LogP contribution in [0.4, 0.5) is 18.9 Å². The molecule has 1 aromatic rings. The second-order valence-corrected chi connectivity index (χ2v) is 7.64. The Labute approximate surface area is 145 Å². The van der Waals surface area contributed by atoms with Crippen molar-refractivity contribution in [3.63, 3.8) is 0 Å². The highest BCUT2D eigenvalue weighted by atomic mass is 35.5. The molecule has 24 heavy (non-hydrogen) atoms. The molecule has 2 atom stereocenters. The second kappa shape index (κ2) is 6.64. The maximum atomic E-state index is 14.3. The topological polar surface area (TPSA) is 24.5 Å². The molecular formula is C17H22ClF3N2O. The minimum atomic E-state index is -3.11. The third-order valence-corrected chi connectivity index (χ3v) is 5.07. The second-order valence-electron chi connectivity index (χ2n) is 7.23. The van der Waals surface area contributed by atoms with E-state index in [9.17, 15) is 13.2 Å². The Morgan fingerprint density at radius 1 is 1.29 bits per heavy atom. The van der Waals surface area contributed by atoms with Crippen LogP contribution in [0.5, 0.6) is 5.75 Å². The summed E-state index contributed by atoms with van der Waals surface area (Å²) in [6.07, 6.45) is 4.40. The van der Waals surface area contributed by atoms with Crippen LogP contribution in [0.1, 0.15) is 39.5 Å². The molecule has 2 aliphatic rings. The Bertz CT molecular complexity index is 588. The van der Waals surface area contributed by atoms with E-state index < -0.39 is 18.2 Å². The molecule has 134 valence electrons. The van der Waals surface area contributed by atoms with E-state index in [1.807, 2.05) is 0 Å². The van der Waals surface area contributed by atoms with Crippen molar-refractivity contribution in [3.8, 4) is 5.75 Å². The van der Waals surface area contributed by atoms with Gasteiger partial charge >= 0.3 is 6.61 Å². The largest absolute Gasteiger partial charge is 0.430 e. The van der Waals surface area contributed by atoms with Gasteiger partial charge in [-0.1, -0.05) is 24.4 Å². The number of nitrogens with zero attached hydrogens (tertiary/aromatic N) is 1. The van der Waals surface area contributed by atoms with E-state index in [4.69, 9.17) is 11.6 Å². The molecule has 7 heteroatoms. The number of hydrogen-bond acceptors (Lipinski definition) is 3. The van der Waals surface area contributed by atoms with E-state index in [1.165, 1.54) is 18.6 Å². The van der Waals surface area contributed by atoms with Crippen LogP contribution in [0.3, 0.4) is 0 Å². The SMILES string of the molecule is CC1(C)CN(c2cc(F)c(OC(F)F)c(Cl)c2)C2CCCCC2N1. The Balaban J connectivity index is 1.94. The smallest absolute Gasteiger partial charge is 0.387 e. The van der Waals surface area contributed by atoms with Crippen molar-refractivity contribution in [1.29, 1.82) is 0 Å². The fourth-order valence-electron chi connectivity index (χ4n) is 3.94. The van der Waals surface area contributed by atoms with E-state index in [0.29, 0.717) is 18.3 Å². The van der Waals surface area contributed by atoms with Crippen LogP contribution in [-0.2, 0) is 0 Å². The molecule has 1 aliphatic heterocycles. The van der Waals surface area contributed by atoms with E-state index in [0.717, 1.165) is 19.3 Å². The maximum Gasteiger partial charge on any atom is 0.387 e. The monoisotopic (exact) mass is 362 g/mol. The first-order valence-electron chi connectivity index (χ1n) is 8.25. The van der Waals surface area contributed by atoms with Crippen LogP contribution in [0.15, 0.2) is 12.1 Å². The lowest BCUT2D eigenvalue weighted by Gasteiger charge is -2.52. The predicted octanol–water partition coefficient (Wildman–Crippen LogP) is 4.58. The fourth-order valence-corrected chi connectivity index (χ4v) is 4.19. The fraction of sp³-hybridized carbons (Fsp3) is 0.647. The molecule has 1 saturated carbocycles. The highest BCUT2D eigenvalue weighted by Crippen LogP contribution is 2.38. The number of anilines is 1. The lowest BCUT2D eigenvalue weighted by Crippen LogP contribution is -2.67. The molecule has 1 aromatic carbocycles. The predicted molar refractivity (Wildman–Crippen MR) is 88.6 cm³/mol. The average Bonchev–Trinajstić information content (AvgIpc) is 2.48. The molecular weight excluding hydrogens is 341 g/mol. The first kappa shape index (κ1) is 17.7. The number of rotatable bonds is 3. The van der Waals surface area contributed by atoms with Crippen LogP contribution < -0.4 is 15.0 Å². The van der Waals surface area contributed by atoms with Crippen molar-refractivity contribution >= 4 is 17.3 Å². The van der Waals surface area contributed by atoms with Gasteiger partial charge in [0.05, 0.1) is 5.02 Å². The Hall–Kier alpha value is -1.14. The summed E-state index contributed by atoms with van der Waals surface area (Å²) in [5.74, 6) is -1.45. The summed E-state index contributed by atoms with van der Waals surface area (Å²) in [4.78, 5) is 2.15. The van der Waals surface area contributed by atoms with Gasteiger partial charge in [0, 0.05) is 35.9 Å². The molecule has 0 bridgehead atoms. The van der Waals surface area contributed by atoms with Crippen molar-refractivity contribution in [2.45, 2.75) is 63.8 Å². The van der Waals surface area contributed by atoms with Gasteiger partial charge in [-0.25, -0.2) is 4.39 Å². The third kappa shape index (κ3) is 3.59. The number of nitrogens with one attached hydrogen (secondary N) is 1. The van der Waals surface area contributed by atoms with Crippen LogP contribution >= 0.6 is 11.6 Å². The number of fused-ring (bicyclic) bond motifs is 1. The summed E-state index contributed by atoms with van der Waals surface area (Å²) >= 11 is 6.00. The van der Waals surface area contributed by atoms with Crippen molar-refractivity contribution < 1.29 is 17.9 Å². The van der Waals surface area contributed by atoms with E-state index >= 15 is 0 Å². The van der Waals surface area contributed by atoms with Crippen LogP contribution in [0.2, 0.25) is 5.02 Å². The van der Waals surface area contributed by atoms with Crippen molar-refractivity contribution in [1.82, 2.24) is 5.32 Å². The molecule has 3 rings (SSSR count). The minimum absolute atomic E-state index is 0.125. The summed E-state index contributed by atoms with van der Waals surface area (Å²) in [6, 6.07) is 3.36. The number of hydrogen-bond donors (Lipinski definition) is 1. The van der Waals surface area contributed by atoms with Gasteiger partial charge in [0.2, 0.25) is 0 Å². The summed E-state index contributed by atoms with van der Waals surface area (Å²) in [5, 5.41) is 3.54. The van der Waals surface area contributed by atoms with Crippen molar-refractivity contribution in [2.75, 3.05) is 11.4 Å². The first-order chi connectivity index (χ1) is 11.3. The lowest BCUT2D eigenvalue weighted by atomic mass is 9.83. The van der Waals surface area contributed by atoms with E-state index in [2.05, 4.69) is 28.8 Å². The molecule has 1 N–H and O–H groups in total. The van der Waals surface area contributed by atoms with Gasteiger partial charge in [0.25, 0.3) is 0 Å². The van der Waals surface area contributed by atoms with Gasteiger partial charge < -0.3 is 15.0 Å². The molecule has 0 radical (unpaired) electrons. The molecule has 0 amide bonds. The van der Waals surface area contributed by atoms with E-state index in [1.54, 1.807) is 0 Å². The maximum absolute atomic E-state index is 14.3. The Morgan fingerprint density at radius 2 is 2.00 bits per heavy atom. The molecule has 2 fully saturated rings. The normalized spacial score (nSPS) is 26.4. The molecule has 1 saturated heterocycles. The Morgan fingerprint density at radius 3 is 2.67 bits per heavy atom. The van der Waals surface area contributed by atoms with Gasteiger partial charge in [-0.05, 0) is 32.8 Å².